The zero-order chi connectivity index (χ0) is 21.0. The van der Waals surface area contributed by atoms with Crippen molar-refractivity contribution in [3.63, 3.8) is 0 Å². The molecule has 0 spiro atoms. The van der Waals surface area contributed by atoms with Crippen molar-refractivity contribution in [3.05, 3.63) is 70.0 Å². The molecule has 3 aromatic rings. The van der Waals surface area contributed by atoms with E-state index in [9.17, 15) is 19.7 Å². The van der Waals surface area contributed by atoms with Gasteiger partial charge < -0.3 is 19.2 Å². The van der Waals surface area contributed by atoms with Crippen molar-refractivity contribution in [1.82, 2.24) is 5.32 Å². The van der Waals surface area contributed by atoms with Gasteiger partial charge in [0, 0.05) is 17.5 Å². The average Bonchev–Trinajstić information content (AvgIpc) is 3.16. The molecule has 3 rings (SSSR count). The van der Waals surface area contributed by atoms with Gasteiger partial charge in [0.05, 0.1) is 18.1 Å². The maximum Gasteiger partial charge on any atom is 0.342 e. The Balaban J connectivity index is 1.62. The quantitative estimate of drug-likeness (QED) is 0.368. The van der Waals surface area contributed by atoms with E-state index in [1.54, 1.807) is 6.92 Å². The standard InChI is InChI=1S/C20H18N2O7/c1-12(18-9-13-5-3-4-6-16(13)29-18)21-19(23)11-28-20(24)15-10-14(22(25)26)7-8-17(15)27-2/h3-10,12H,11H2,1-2H3,(H,21,23)/t12-/m1/s1. The molecule has 1 atom stereocenters. The van der Waals surface area contributed by atoms with Crippen molar-refractivity contribution in [2.24, 2.45) is 0 Å². The highest BCUT2D eigenvalue weighted by molar-refractivity contribution is 5.94. The van der Waals surface area contributed by atoms with Crippen LogP contribution in [0.1, 0.15) is 29.1 Å². The zero-order valence-electron chi connectivity index (χ0n) is 15.7. The summed E-state index contributed by atoms with van der Waals surface area (Å²) < 4.78 is 15.7. The molecule has 0 radical (unpaired) electrons. The summed E-state index contributed by atoms with van der Waals surface area (Å²) in [7, 11) is 1.32. The van der Waals surface area contributed by atoms with Gasteiger partial charge >= 0.3 is 5.97 Å². The molecule has 0 saturated heterocycles. The molecule has 1 aromatic heterocycles. The number of nitro groups is 1. The lowest BCUT2D eigenvalue weighted by Gasteiger charge is -2.12. The van der Waals surface area contributed by atoms with E-state index in [4.69, 9.17) is 13.9 Å². The third-order valence-corrected chi connectivity index (χ3v) is 4.20. The van der Waals surface area contributed by atoms with Crippen LogP contribution in [-0.4, -0.2) is 30.5 Å². The third-order valence-electron chi connectivity index (χ3n) is 4.20. The number of ether oxygens (including phenoxy) is 2. The molecule has 1 N–H and O–H groups in total. The first-order chi connectivity index (χ1) is 13.9. The van der Waals surface area contributed by atoms with Gasteiger partial charge in [-0.15, -0.1) is 0 Å². The summed E-state index contributed by atoms with van der Waals surface area (Å²) in [5.74, 6) is -0.782. The highest BCUT2D eigenvalue weighted by Gasteiger charge is 2.20. The normalized spacial score (nSPS) is 11.7. The summed E-state index contributed by atoms with van der Waals surface area (Å²) >= 11 is 0. The third kappa shape index (κ3) is 4.52. The molecule has 2 aromatic carbocycles. The second kappa shape index (κ2) is 8.42. The number of furan rings is 1. The number of methoxy groups -OCH3 is 1. The first-order valence-corrected chi connectivity index (χ1v) is 8.66. The largest absolute Gasteiger partial charge is 0.496 e. The minimum Gasteiger partial charge on any atom is -0.496 e. The van der Waals surface area contributed by atoms with Crippen LogP contribution in [0.4, 0.5) is 5.69 Å². The number of esters is 1. The summed E-state index contributed by atoms with van der Waals surface area (Å²) in [5.41, 5.74) is 0.272. The Labute approximate surface area is 165 Å². The smallest absolute Gasteiger partial charge is 0.342 e. The lowest BCUT2D eigenvalue weighted by molar-refractivity contribution is -0.384. The summed E-state index contributed by atoms with van der Waals surface area (Å²) in [5, 5.41) is 14.5. The molecule has 0 aliphatic carbocycles. The zero-order valence-corrected chi connectivity index (χ0v) is 15.7. The maximum absolute atomic E-state index is 12.3. The van der Waals surface area contributed by atoms with Gasteiger partial charge in [0.2, 0.25) is 0 Å². The fourth-order valence-corrected chi connectivity index (χ4v) is 2.75. The predicted molar refractivity (Wildman–Crippen MR) is 103 cm³/mol. The molecule has 0 fully saturated rings. The van der Waals surface area contributed by atoms with Crippen molar-refractivity contribution in [2.75, 3.05) is 13.7 Å². The van der Waals surface area contributed by atoms with Crippen LogP contribution in [0, 0.1) is 10.1 Å². The maximum atomic E-state index is 12.3. The second-order valence-corrected chi connectivity index (χ2v) is 6.19. The Morgan fingerprint density at radius 1 is 1.21 bits per heavy atom. The number of amides is 1. The number of para-hydroxylation sites is 1. The van der Waals surface area contributed by atoms with Crippen LogP contribution in [0.15, 0.2) is 52.9 Å². The Kier molecular flexibility index (Phi) is 5.77. The van der Waals surface area contributed by atoms with Gasteiger partial charge in [0.25, 0.3) is 11.6 Å². The Morgan fingerprint density at radius 3 is 2.66 bits per heavy atom. The number of benzene rings is 2. The highest BCUT2D eigenvalue weighted by atomic mass is 16.6. The number of non-ortho nitro benzene ring substituents is 1. The van der Waals surface area contributed by atoms with Crippen molar-refractivity contribution in [3.8, 4) is 5.75 Å². The number of nitrogens with one attached hydrogen (secondary N) is 1. The van der Waals surface area contributed by atoms with E-state index in [2.05, 4.69) is 5.32 Å². The molecule has 0 aliphatic rings. The van der Waals surface area contributed by atoms with E-state index in [0.29, 0.717) is 11.3 Å². The van der Waals surface area contributed by atoms with E-state index in [0.717, 1.165) is 11.5 Å². The summed E-state index contributed by atoms with van der Waals surface area (Å²) in [6.07, 6.45) is 0. The minimum atomic E-state index is -0.905. The van der Waals surface area contributed by atoms with E-state index in [1.165, 1.54) is 19.2 Å². The van der Waals surface area contributed by atoms with Gasteiger partial charge in [0.15, 0.2) is 6.61 Å². The topological polar surface area (TPSA) is 121 Å². The lowest BCUT2D eigenvalue weighted by Crippen LogP contribution is -2.31. The number of hydrogen-bond acceptors (Lipinski definition) is 7. The molecule has 9 heteroatoms. The van der Waals surface area contributed by atoms with E-state index < -0.39 is 29.4 Å². The van der Waals surface area contributed by atoms with Crippen molar-refractivity contribution >= 4 is 28.5 Å². The lowest BCUT2D eigenvalue weighted by atomic mass is 10.2. The number of carbonyl (C=O) groups excluding carboxylic acids is 2. The molecule has 0 bridgehead atoms. The minimum absolute atomic E-state index is 0.108. The van der Waals surface area contributed by atoms with Crippen LogP contribution in [0.2, 0.25) is 0 Å². The number of rotatable bonds is 7. The van der Waals surface area contributed by atoms with Crippen molar-refractivity contribution < 1.29 is 28.4 Å². The summed E-state index contributed by atoms with van der Waals surface area (Å²) in [4.78, 5) is 34.7. The SMILES string of the molecule is COc1ccc([N+](=O)[O-])cc1C(=O)OCC(=O)N[C@H](C)c1cc2ccccc2o1. The number of nitro benzene ring substituents is 1. The molecule has 0 unspecified atom stereocenters. The van der Waals surface area contributed by atoms with E-state index in [-0.39, 0.29) is 17.0 Å². The van der Waals surface area contributed by atoms with Crippen LogP contribution in [-0.2, 0) is 9.53 Å². The van der Waals surface area contributed by atoms with Crippen LogP contribution in [0.25, 0.3) is 11.0 Å². The van der Waals surface area contributed by atoms with Gasteiger partial charge in [-0.3, -0.25) is 14.9 Å². The van der Waals surface area contributed by atoms with Gasteiger partial charge in [-0.2, -0.15) is 0 Å². The highest BCUT2D eigenvalue weighted by Crippen LogP contribution is 2.25. The first kappa shape index (κ1) is 19.9. The van der Waals surface area contributed by atoms with E-state index >= 15 is 0 Å². The number of hydrogen-bond donors (Lipinski definition) is 1. The Morgan fingerprint density at radius 2 is 1.97 bits per heavy atom. The van der Waals surface area contributed by atoms with Crippen LogP contribution in [0.3, 0.4) is 0 Å². The molecule has 29 heavy (non-hydrogen) atoms. The fraction of sp³-hybridized carbons (Fsp3) is 0.200. The molecular formula is C20H18N2O7. The van der Waals surface area contributed by atoms with E-state index in [1.807, 2.05) is 30.3 Å². The molecule has 150 valence electrons. The predicted octanol–water partition coefficient (Wildman–Crippen LogP) is 3.38. The van der Waals surface area contributed by atoms with Crippen LogP contribution < -0.4 is 10.1 Å². The van der Waals surface area contributed by atoms with Crippen LogP contribution in [0.5, 0.6) is 5.75 Å². The number of nitrogens with zero attached hydrogens (tertiary/aromatic N) is 1. The Hall–Kier alpha value is -3.88. The summed E-state index contributed by atoms with van der Waals surface area (Å²) in [6.45, 7) is 1.18. The Bertz CT molecular complexity index is 1040. The number of carbonyl (C=O) groups is 2. The fourth-order valence-electron chi connectivity index (χ4n) is 2.75. The van der Waals surface area contributed by atoms with Gasteiger partial charge in [-0.1, -0.05) is 18.2 Å². The molecular weight excluding hydrogens is 380 g/mol. The molecule has 1 heterocycles. The monoisotopic (exact) mass is 398 g/mol. The summed E-state index contributed by atoms with van der Waals surface area (Å²) in [6, 6.07) is 12.4. The van der Waals surface area contributed by atoms with Gasteiger partial charge in [0.1, 0.15) is 22.7 Å². The van der Waals surface area contributed by atoms with Gasteiger partial charge in [-0.05, 0) is 25.1 Å². The molecule has 0 aliphatic heterocycles. The first-order valence-electron chi connectivity index (χ1n) is 8.66. The van der Waals surface area contributed by atoms with Gasteiger partial charge in [-0.25, -0.2) is 4.79 Å². The second-order valence-electron chi connectivity index (χ2n) is 6.19. The van der Waals surface area contributed by atoms with Crippen molar-refractivity contribution in [1.29, 1.82) is 0 Å². The average molecular weight is 398 g/mol. The molecule has 1 amide bonds. The number of fused-ring (bicyclic) bond motifs is 1. The molecule has 9 nitrogen and oxygen atoms in total. The van der Waals surface area contributed by atoms with Crippen molar-refractivity contribution in [2.45, 2.75) is 13.0 Å². The van der Waals surface area contributed by atoms with Crippen LogP contribution >= 0.6 is 0 Å². The molecule has 0 saturated carbocycles.